The van der Waals surface area contributed by atoms with E-state index in [9.17, 15) is 23.3 Å². The standard InChI is InChI=1S/C15H13ClN2O5S/c1-9-14(16)7-13(8-15(9)18(20)21)24(22,23)17-12-5-3-11(4-6-12)10(2)19/h3-8,17H,1-2H3. The van der Waals surface area contributed by atoms with Gasteiger partial charge in [-0.15, -0.1) is 0 Å². The van der Waals surface area contributed by atoms with Crippen LogP contribution in [0, 0.1) is 17.0 Å². The van der Waals surface area contributed by atoms with Crippen LogP contribution in [0.2, 0.25) is 5.02 Å². The van der Waals surface area contributed by atoms with Crippen molar-refractivity contribution in [3.63, 3.8) is 0 Å². The van der Waals surface area contributed by atoms with Gasteiger partial charge < -0.3 is 0 Å². The minimum Gasteiger partial charge on any atom is -0.295 e. The van der Waals surface area contributed by atoms with Gasteiger partial charge in [-0.3, -0.25) is 19.6 Å². The van der Waals surface area contributed by atoms with Crippen LogP contribution < -0.4 is 4.72 Å². The quantitative estimate of drug-likeness (QED) is 0.493. The van der Waals surface area contributed by atoms with Crippen molar-refractivity contribution in [3.8, 4) is 0 Å². The highest BCUT2D eigenvalue weighted by Gasteiger charge is 2.22. The van der Waals surface area contributed by atoms with E-state index in [1.807, 2.05) is 0 Å². The van der Waals surface area contributed by atoms with E-state index in [1.54, 1.807) is 0 Å². The Morgan fingerprint density at radius 2 is 1.79 bits per heavy atom. The first-order chi connectivity index (χ1) is 11.1. The Bertz CT molecular complexity index is 924. The maximum absolute atomic E-state index is 12.4. The van der Waals surface area contributed by atoms with E-state index in [2.05, 4.69) is 4.72 Å². The Balaban J connectivity index is 2.40. The van der Waals surface area contributed by atoms with E-state index in [0.717, 1.165) is 12.1 Å². The summed E-state index contributed by atoms with van der Waals surface area (Å²) in [5, 5.41) is 11.0. The van der Waals surface area contributed by atoms with Crippen molar-refractivity contribution in [2.24, 2.45) is 0 Å². The molecule has 7 nitrogen and oxygen atoms in total. The van der Waals surface area contributed by atoms with E-state index >= 15 is 0 Å². The Labute approximate surface area is 143 Å². The molecule has 0 unspecified atom stereocenters. The van der Waals surface area contributed by atoms with Gasteiger partial charge in [-0.05, 0) is 44.2 Å². The molecule has 0 fully saturated rings. The number of carbonyl (C=O) groups is 1. The lowest BCUT2D eigenvalue weighted by atomic mass is 10.1. The van der Waals surface area contributed by atoms with Gasteiger partial charge in [0.15, 0.2) is 5.78 Å². The topological polar surface area (TPSA) is 106 Å². The lowest BCUT2D eigenvalue weighted by Gasteiger charge is -2.10. The second-order valence-electron chi connectivity index (χ2n) is 5.05. The number of nitrogens with one attached hydrogen (secondary N) is 1. The summed E-state index contributed by atoms with van der Waals surface area (Å²) < 4.78 is 27.1. The molecule has 2 rings (SSSR count). The smallest absolute Gasteiger partial charge is 0.275 e. The lowest BCUT2D eigenvalue weighted by Crippen LogP contribution is -2.13. The van der Waals surface area contributed by atoms with Crippen molar-refractivity contribution in [2.75, 3.05) is 4.72 Å². The summed E-state index contributed by atoms with van der Waals surface area (Å²) in [6.07, 6.45) is 0. The average molecular weight is 369 g/mol. The number of carbonyl (C=O) groups excluding carboxylic acids is 1. The van der Waals surface area contributed by atoms with Gasteiger partial charge in [0.05, 0.1) is 14.8 Å². The van der Waals surface area contributed by atoms with Crippen LogP contribution >= 0.6 is 11.6 Å². The summed E-state index contributed by atoms with van der Waals surface area (Å²) in [5.41, 5.74) is 0.465. The Morgan fingerprint density at radius 1 is 1.21 bits per heavy atom. The monoisotopic (exact) mass is 368 g/mol. The fourth-order valence-corrected chi connectivity index (χ4v) is 3.36. The number of nitrogens with zero attached hydrogens (tertiary/aromatic N) is 1. The van der Waals surface area contributed by atoms with E-state index in [0.29, 0.717) is 5.56 Å². The van der Waals surface area contributed by atoms with Gasteiger partial charge in [0.1, 0.15) is 0 Å². The third-order valence-corrected chi connectivity index (χ3v) is 5.09. The number of anilines is 1. The first kappa shape index (κ1) is 17.9. The van der Waals surface area contributed by atoms with Gasteiger partial charge in [-0.1, -0.05) is 11.6 Å². The van der Waals surface area contributed by atoms with Gasteiger partial charge >= 0.3 is 0 Å². The third-order valence-electron chi connectivity index (χ3n) is 3.34. The van der Waals surface area contributed by atoms with E-state index in [4.69, 9.17) is 11.6 Å². The molecule has 0 amide bonds. The highest BCUT2D eigenvalue weighted by molar-refractivity contribution is 7.92. The molecule has 0 radical (unpaired) electrons. The number of benzene rings is 2. The number of Topliss-reactive ketones (excluding diaryl/α,β-unsaturated/α-hetero) is 1. The molecule has 0 saturated heterocycles. The molecule has 0 saturated carbocycles. The zero-order valence-corrected chi connectivity index (χ0v) is 14.3. The SMILES string of the molecule is CC(=O)c1ccc(NS(=O)(=O)c2cc(Cl)c(C)c([N+](=O)[O-])c2)cc1. The van der Waals surface area contributed by atoms with Crippen molar-refractivity contribution in [1.82, 2.24) is 0 Å². The predicted octanol–water partition coefficient (Wildman–Crippen LogP) is 3.56. The van der Waals surface area contributed by atoms with E-state index in [1.165, 1.54) is 38.1 Å². The van der Waals surface area contributed by atoms with Gasteiger partial charge in [0.2, 0.25) is 0 Å². The van der Waals surface area contributed by atoms with Crippen LogP contribution in [0.4, 0.5) is 11.4 Å². The molecule has 126 valence electrons. The van der Waals surface area contributed by atoms with Crippen molar-refractivity contribution in [2.45, 2.75) is 18.7 Å². The number of hydrogen-bond acceptors (Lipinski definition) is 5. The van der Waals surface area contributed by atoms with Gasteiger partial charge in [-0.2, -0.15) is 0 Å². The Morgan fingerprint density at radius 3 is 2.29 bits per heavy atom. The zero-order chi connectivity index (χ0) is 18.1. The second kappa shape index (κ2) is 6.58. The molecule has 24 heavy (non-hydrogen) atoms. The first-order valence-electron chi connectivity index (χ1n) is 6.70. The average Bonchev–Trinajstić information content (AvgIpc) is 2.49. The van der Waals surface area contributed by atoms with E-state index < -0.39 is 14.9 Å². The first-order valence-corrected chi connectivity index (χ1v) is 8.56. The van der Waals surface area contributed by atoms with Gasteiger partial charge in [-0.25, -0.2) is 8.42 Å². The molecule has 2 aromatic carbocycles. The molecule has 9 heteroatoms. The maximum Gasteiger partial charge on any atom is 0.275 e. The van der Waals surface area contributed by atoms with Crippen LogP contribution in [0.15, 0.2) is 41.3 Å². The molecule has 0 heterocycles. The van der Waals surface area contributed by atoms with Crippen molar-refractivity contribution < 1.29 is 18.1 Å². The van der Waals surface area contributed by atoms with Crippen molar-refractivity contribution in [3.05, 3.63) is 62.7 Å². The van der Waals surface area contributed by atoms with Crippen LogP contribution in [0.25, 0.3) is 0 Å². The lowest BCUT2D eigenvalue weighted by molar-refractivity contribution is -0.385. The van der Waals surface area contributed by atoms with Crippen molar-refractivity contribution in [1.29, 1.82) is 0 Å². The number of nitro groups is 1. The molecule has 0 bridgehead atoms. The van der Waals surface area contributed by atoms with Crippen LogP contribution in [0.3, 0.4) is 0 Å². The molecule has 0 aromatic heterocycles. The second-order valence-corrected chi connectivity index (χ2v) is 7.13. The molecule has 0 aliphatic heterocycles. The maximum atomic E-state index is 12.4. The fourth-order valence-electron chi connectivity index (χ4n) is 1.97. The highest BCUT2D eigenvalue weighted by Crippen LogP contribution is 2.30. The largest absolute Gasteiger partial charge is 0.295 e. The number of rotatable bonds is 5. The third kappa shape index (κ3) is 3.72. The minimum atomic E-state index is -4.07. The van der Waals surface area contributed by atoms with Crippen LogP contribution in [-0.2, 0) is 10.0 Å². The predicted molar refractivity (Wildman–Crippen MR) is 90.1 cm³/mol. The minimum absolute atomic E-state index is 0.0171. The number of ketones is 1. The summed E-state index contributed by atoms with van der Waals surface area (Å²) in [5.74, 6) is -0.148. The van der Waals surface area contributed by atoms with Gasteiger partial charge in [0, 0.05) is 22.9 Å². The summed E-state index contributed by atoms with van der Waals surface area (Å²) in [4.78, 5) is 21.2. The van der Waals surface area contributed by atoms with Crippen LogP contribution in [-0.4, -0.2) is 19.1 Å². The number of nitro benzene ring substituents is 1. The summed E-state index contributed by atoms with van der Waals surface area (Å²) in [7, 11) is -4.07. The number of halogens is 1. The van der Waals surface area contributed by atoms with Crippen molar-refractivity contribution >= 4 is 38.8 Å². The van der Waals surface area contributed by atoms with Crippen LogP contribution in [0.1, 0.15) is 22.8 Å². The highest BCUT2D eigenvalue weighted by atomic mass is 35.5. The molecule has 0 aliphatic carbocycles. The normalized spacial score (nSPS) is 11.1. The molecule has 0 aliphatic rings. The molecular formula is C15H13ClN2O5S. The molecule has 0 spiro atoms. The molecule has 1 N–H and O–H groups in total. The van der Waals surface area contributed by atoms with Gasteiger partial charge in [0.25, 0.3) is 15.7 Å². The zero-order valence-electron chi connectivity index (χ0n) is 12.7. The van der Waals surface area contributed by atoms with E-state index in [-0.39, 0.29) is 32.6 Å². The van der Waals surface area contributed by atoms with Crippen LogP contribution in [0.5, 0.6) is 0 Å². The summed E-state index contributed by atoms with van der Waals surface area (Å²) >= 11 is 5.89. The summed E-state index contributed by atoms with van der Waals surface area (Å²) in [6, 6.07) is 7.91. The summed E-state index contributed by atoms with van der Waals surface area (Å²) in [6.45, 7) is 2.83. The fraction of sp³-hybridized carbons (Fsp3) is 0.133. The number of hydrogen-bond donors (Lipinski definition) is 1. The number of sulfonamides is 1. The molecule has 2 aromatic rings. The molecular weight excluding hydrogens is 356 g/mol. The Kier molecular flexibility index (Phi) is 4.91. The molecule has 0 atom stereocenters. The Hall–Kier alpha value is -2.45.